The molecular weight excluding hydrogens is 162 g/mol. The van der Waals surface area contributed by atoms with Crippen molar-refractivity contribution in [1.29, 1.82) is 0 Å². The normalized spacial score (nSPS) is 10.7. The smallest absolute Gasteiger partial charge is 0.0615 e. The molecule has 0 aliphatic heterocycles. The molecule has 2 nitrogen and oxygen atoms in total. The van der Waals surface area contributed by atoms with E-state index >= 15 is 0 Å². The second-order valence-corrected chi connectivity index (χ2v) is 3.07. The Bertz CT molecular complexity index is 292. The van der Waals surface area contributed by atoms with E-state index in [2.05, 4.69) is 17.0 Å². The van der Waals surface area contributed by atoms with Gasteiger partial charge in [-0.05, 0) is 17.7 Å². The zero-order valence-electron chi connectivity index (χ0n) is 8.07. The third kappa shape index (κ3) is 2.92. The van der Waals surface area contributed by atoms with Crippen molar-refractivity contribution in [2.24, 2.45) is 0 Å². The standard InChI is InChI=1S/C11H15NO/c1-12(2)11-7-3-5-10(9-11)6-4-8-13/h3-7,9,13H,8H2,1-2H3/b6-4+. The fraction of sp³-hybridized carbons (Fsp3) is 0.273. The Kier molecular flexibility index (Phi) is 3.53. The van der Waals surface area contributed by atoms with Crippen molar-refractivity contribution in [2.75, 3.05) is 25.6 Å². The molecule has 0 heterocycles. The van der Waals surface area contributed by atoms with Crippen molar-refractivity contribution in [1.82, 2.24) is 0 Å². The fourth-order valence-electron chi connectivity index (χ4n) is 1.10. The number of aliphatic hydroxyl groups excluding tert-OH is 1. The molecular formula is C11H15NO. The van der Waals surface area contributed by atoms with Gasteiger partial charge in [0.05, 0.1) is 6.61 Å². The van der Waals surface area contributed by atoms with Crippen molar-refractivity contribution in [2.45, 2.75) is 0 Å². The summed E-state index contributed by atoms with van der Waals surface area (Å²) in [6, 6.07) is 8.15. The summed E-state index contributed by atoms with van der Waals surface area (Å²) in [6.45, 7) is 0.0895. The molecule has 0 bridgehead atoms. The number of anilines is 1. The van der Waals surface area contributed by atoms with Gasteiger partial charge in [-0.1, -0.05) is 24.3 Å². The van der Waals surface area contributed by atoms with Crippen LogP contribution in [0.4, 0.5) is 5.69 Å². The zero-order valence-corrected chi connectivity index (χ0v) is 8.07. The van der Waals surface area contributed by atoms with Gasteiger partial charge in [0.2, 0.25) is 0 Å². The van der Waals surface area contributed by atoms with Crippen molar-refractivity contribution in [3.63, 3.8) is 0 Å². The average Bonchev–Trinajstić information content (AvgIpc) is 2.15. The summed E-state index contributed by atoms with van der Waals surface area (Å²) in [5, 5.41) is 8.61. The van der Waals surface area contributed by atoms with E-state index in [9.17, 15) is 0 Å². The van der Waals surface area contributed by atoms with Crippen LogP contribution in [-0.2, 0) is 0 Å². The fourth-order valence-corrected chi connectivity index (χ4v) is 1.10. The molecule has 1 aromatic rings. The SMILES string of the molecule is CN(C)c1cccc(/C=C/CO)c1. The Labute approximate surface area is 79.1 Å². The van der Waals surface area contributed by atoms with E-state index in [0.29, 0.717) is 0 Å². The van der Waals surface area contributed by atoms with Crippen LogP contribution in [0.3, 0.4) is 0 Å². The molecule has 0 saturated heterocycles. The predicted molar refractivity (Wildman–Crippen MR) is 56.9 cm³/mol. The maximum absolute atomic E-state index is 8.61. The molecule has 0 saturated carbocycles. The van der Waals surface area contributed by atoms with Gasteiger partial charge in [0.25, 0.3) is 0 Å². The van der Waals surface area contributed by atoms with Crippen molar-refractivity contribution < 1.29 is 5.11 Å². The molecule has 0 radical (unpaired) electrons. The zero-order chi connectivity index (χ0) is 9.68. The molecule has 13 heavy (non-hydrogen) atoms. The first-order valence-electron chi connectivity index (χ1n) is 4.29. The number of aliphatic hydroxyl groups is 1. The molecule has 0 aliphatic rings. The van der Waals surface area contributed by atoms with Gasteiger partial charge in [0.1, 0.15) is 0 Å². The van der Waals surface area contributed by atoms with Crippen LogP contribution < -0.4 is 4.90 Å². The molecule has 1 aromatic carbocycles. The van der Waals surface area contributed by atoms with Gasteiger partial charge in [0, 0.05) is 19.8 Å². The predicted octanol–water partition coefficient (Wildman–Crippen LogP) is 1.76. The van der Waals surface area contributed by atoms with Gasteiger partial charge < -0.3 is 10.0 Å². The lowest BCUT2D eigenvalue weighted by Gasteiger charge is -2.12. The maximum Gasteiger partial charge on any atom is 0.0615 e. The van der Waals surface area contributed by atoms with E-state index in [1.807, 2.05) is 32.3 Å². The van der Waals surface area contributed by atoms with Crippen LogP contribution in [0.5, 0.6) is 0 Å². The Hall–Kier alpha value is -1.28. The van der Waals surface area contributed by atoms with Gasteiger partial charge in [-0.2, -0.15) is 0 Å². The summed E-state index contributed by atoms with van der Waals surface area (Å²) in [7, 11) is 4.02. The molecule has 2 heteroatoms. The highest BCUT2D eigenvalue weighted by atomic mass is 16.2. The monoisotopic (exact) mass is 177 g/mol. The quantitative estimate of drug-likeness (QED) is 0.760. The minimum absolute atomic E-state index is 0.0895. The van der Waals surface area contributed by atoms with E-state index in [0.717, 1.165) is 5.56 Å². The van der Waals surface area contributed by atoms with Gasteiger partial charge in [-0.25, -0.2) is 0 Å². The first kappa shape index (κ1) is 9.81. The Balaban J connectivity index is 2.85. The van der Waals surface area contributed by atoms with E-state index in [1.54, 1.807) is 6.08 Å². The number of nitrogens with zero attached hydrogens (tertiary/aromatic N) is 1. The maximum atomic E-state index is 8.61. The molecule has 0 unspecified atom stereocenters. The summed E-state index contributed by atoms with van der Waals surface area (Å²) in [6.07, 6.45) is 3.64. The lowest BCUT2D eigenvalue weighted by molar-refractivity contribution is 0.343. The first-order chi connectivity index (χ1) is 6.24. The molecule has 0 amide bonds. The molecule has 0 spiro atoms. The minimum Gasteiger partial charge on any atom is -0.392 e. The second kappa shape index (κ2) is 4.67. The van der Waals surface area contributed by atoms with Crippen LogP contribution in [0.25, 0.3) is 6.08 Å². The molecule has 0 fully saturated rings. The topological polar surface area (TPSA) is 23.5 Å². The van der Waals surface area contributed by atoms with E-state index < -0.39 is 0 Å². The molecule has 0 atom stereocenters. The highest BCUT2D eigenvalue weighted by Gasteiger charge is 1.93. The van der Waals surface area contributed by atoms with Crippen molar-refractivity contribution >= 4 is 11.8 Å². The van der Waals surface area contributed by atoms with E-state index in [4.69, 9.17) is 5.11 Å². The number of rotatable bonds is 3. The Morgan fingerprint density at radius 2 is 2.15 bits per heavy atom. The van der Waals surface area contributed by atoms with Gasteiger partial charge in [-0.15, -0.1) is 0 Å². The third-order valence-electron chi connectivity index (χ3n) is 1.80. The van der Waals surface area contributed by atoms with E-state index in [-0.39, 0.29) is 6.61 Å². The molecule has 0 aliphatic carbocycles. The summed E-state index contributed by atoms with van der Waals surface area (Å²) >= 11 is 0. The van der Waals surface area contributed by atoms with Gasteiger partial charge in [-0.3, -0.25) is 0 Å². The highest BCUT2D eigenvalue weighted by molar-refractivity contribution is 5.57. The summed E-state index contributed by atoms with van der Waals surface area (Å²) in [4.78, 5) is 2.05. The number of hydrogen-bond donors (Lipinski definition) is 1. The average molecular weight is 177 g/mol. The molecule has 70 valence electrons. The lowest BCUT2D eigenvalue weighted by atomic mass is 10.2. The van der Waals surface area contributed by atoms with Crippen molar-refractivity contribution in [3.05, 3.63) is 35.9 Å². The van der Waals surface area contributed by atoms with E-state index in [1.165, 1.54) is 5.69 Å². The highest BCUT2D eigenvalue weighted by Crippen LogP contribution is 2.14. The van der Waals surface area contributed by atoms with Gasteiger partial charge in [0.15, 0.2) is 0 Å². The van der Waals surface area contributed by atoms with Crippen LogP contribution in [0.2, 0.25) is 0 Å². The summed E-state index contributed by atoms with van der Waals surface area (Å²) in [5.41, 5.74) is 2.28. The van der Waals surface area contributed by atoms with Crippen LogP contribution in [0.15, 0.2) is 30.3 Å². The summed E-state index contributed by atoms with van der Waals surface area (Å²) < 4.78 is 0. The number of hydrogen-bond acceptors (Lipinski definition) is 2. The van der Waals surface area contributed by atoms with Crippen LogP contribution in [0, 0.1) is 0 Å². The van der Waals surface area contributed by atoms with Crippen molar-refractivity contribution in [3.8, 4) is 0 Å². The Morgan fingerprint density at radius 1 is 1.38 bits per heavy atom. The van der Waals surface area contributed by atoms with Crippen LogP contribution in [-0.4, -0.2) is 25.8 Å². The summed E-state index contributed by atoms with van der Waals surface area (Å²) in [5.74, 6) is 0. The Morgan fingerprint density at radius 3 is 2.77 bits per heavy atom. The largest absolute Gasteiger partial charge is 0.392 e. The van der Waals surface area contributed by atoms with Crippen LogP contribution >= 0.6 is 0 Å². The number of benzene rings is 1. The molecule has 1 rings (SSSR count). The molecule has 0 aromatic heterocycles. The lowest BCUT2D eigenvalue weighted by Crippen LogP contribution is -2.08. The first-order valence-corrected chi connectivity index (χ1v) is 4.29. The van der Waals surface area contributed by atoms with Gasteiger partial charge >= 0.3 is 0 Å². The minimum atomic E-state index is 0.0895. The third-order valence-corrected chi connectivity index (χ3v) is 1.80. The molecule has 1 N–H and O–H groups in total. The second-order valence-electron chi connectivity index (χ2n) is 3.07. The van der Waals surface area contributed by atoms with Crippen LogP contribution in [0.1, 0.15) is 5.56 Å².